The molecule has 29 heavy (non-hydrogen) atoms. The van der Waals surface area contributed by atoms with Gasteiger partial charge in [0.25, 0.3) is 0 Å². The quantitative estimate of drug-likeness (QED) is 0.613. The summed E-state index contributed by atoms with van der Waals surface area (Å²) in [4.78, 5) is 12.4. The minimum atomic E-state index is -3.64. The number of amides is 1. The Labute approximate surface area is 176 Å². The van der Waals surface area contributed by atoms with E-state index in [1.54, 1.807) is 36.4 Å². The van der Waals surface area contributed by atoms with Crippen LogP contribution in [0.5, 0.6) is 11.5 Å². The lowest BCUT2D eigenvalue weighted by Crippen LogP contribution is -2.40. The molecule has 0 unspecified atom stereocenters. The van der Waals surface area contributed by atoms with Crippen LogP contribution in [0.4, 0.5) is 5.69 Å². The number of carbonyl (C=O) groups excluding carboxylic acids is 1. The molecule has 0 aliphatic rings. The summed E-state index contributed by atoms with van der Waals surface area (Å²) in [6, 6.07) is 11.6. The minimum absolute atomic E-state index is 0.226. The Kier molecular flexibility index (Phi) is 8.16. The fourth-order valence-electron chi connectivity index (χ4n) is 2.60. The second-order valence-electron chi connectivity index (χ2n) is 6.17. The summed E-state index contributed by atoms with van der Waals surface area (Å²) >= 11 is 5.85. The Morgan fingerprint density at radius 1 is 1.03 bits per heavy atom. The number of anilines is 1. The second-order valence-corrected chi connectivity index (χ2v) is 8.51. The lowest BCUT2D eigenvalue weighted by atomic mass is 10.2. The van der Waals surface area contributed by atoms with Gasteiger partial charge in [0.1, 0.15) is 6.54 Å². The van der Waals surface area contributed by atoms with Gasteiger partial charge in [0.2, 0.25) is 15.9 Å². The highest BCUT2D eigenvalue weighted by Gasteiger charge is 2.20. The van der Waals surface area contributed by atoms with E-state index in [1.165, 1.54) is 0 Å². The average molecular weight is 441 g/mol. The van der Waals surface area contributed by atoms with E-state index in [-0.39, 0.29) is 13.1 Å². The Morgan fingerprint density at radius 3 is 2.24 bits per heavy atom. The third kappa shape index (κ3) is 6.83. The fraction of sp³-hybridized carbons (Fsp3) is 0.350. The van der Waals surface area contributed by atoms with Crippen molar-refractivity contribution in [1.29, 1.82) is 0 Å². The molecule has 158 valence electrons. The molecule has 2 aromatic rings. The zero-order chi connectivity index (χ0) is 21.4. The maximum absolute atomic E-state index is 12.4. The van der Waals surface area contributed by atoms with Crippen molar-refractivity contribution in [2.24, 2.45) is 0 Å². The van der Waals surface area contributed by atoms with Crippen LogP contribution >= 0.6 is 11.6 Å². The standard InChI is InChI=1S/C20H25ClN2O5S/c1-4-27-18-11-6-15(12-19(18)28-5-2)13-22-20(24)14-23(29(3,25)26)17-9-7-16(21)8-10-17/h6-12H,4-5,13-14H2,1-3H3,(H,22,24). The molecule has 0 aliphatic carbocycles. The molecule has 0 bridgehead atoms. The van der Waals surface area contributed by atoms with E-state index < -0.39 is 15.9 Å². The minimum Gasteiger partial charge on any atom is -0.490 e. The SMILES string of the molecule is CCOc1ccc(CNC(=O)CN(c2ccc(Cl)cc2)S(C)(=O)=O)cc1OCC. The van der Waals surface area contributed by atoms with Crippen molar-refractivity contribution in [1.82, 2.24) is 5.32 Å². The third-order valence-corrected chi connectivity index (χ3v) is 5.29. The molecule has 9 heteroatoms. The van der Waals surface area contributed by atoms with E-state index in [0.717, 1.165) is 16.1 Å². The van der Waals surface area contributed by atoms with Crippen molar-refractivity contribution in [2.75, 3.05) is 30.3 Å². The molecule has 7 nitrogen and oxygen atoms in total. The maximum atomic E-state index is 12.4. The molecular weight excluding hydrogens is 416 g/mol. The normalized spacial score (nSPS) is 11.0. The van der Waals surface area contributed by atoms with E-state index in [2.05, 4.69) is 5.32 Å². The first kappa shape index (κ1) is 22.8. The Hall–Kier alpha value is -2.45. The summed E-state index contributed by atoms with van der Waals surface area (Å²) in [7, 11) is -3.64. The molecule has 2 rings (SSSR count). The van der Waals surface area contributed by atoms with Gasteiger partial charge < -0.3 is 14.8 Å². The highest BCUT2D eigenvalue weighted by Crippen LogP contribution is 2.28. The Morgan fingerprint density at radius 2 is 1.66 bits per heavy atom. The zero-order valence-electron chi connectivity index (χ0n) is 16.6. The lowest BCUT2D eigenvalue weighted by molar-refractivity contribution is -0.119. The smallest absolute Gasteiger partial charge is 0.241 e. The molecular formula is C20H25ClN2O5S. The first-order chi connectivity index (χ1) is 13.7. The number of ether oxygens (including phenoxy) is 2. The molecule has 1 N–H and O–H groups in total. The van der Waals surface area contributed by atoms with Crippen LogP contribution in [-0.2, 0) is 21.4 Å². The first-order valence-corrected chi connectivity index (χ1v) is 11.4. The van der Waals surface area contributed by atoms with Gasteiger partial charge in [0, 0.05) is 11.6 Å². The summed E-state index contributed by atoms with van der Waals surface area (Å²) in [5.41, 5.74) is 1.18. The first-order valence-electron chi connectivity index (χ1n) is 9.13. The van der Waals surface area contributed by atoms with Crippen molar-refractivity contribution >= 4 is 33.2 Å². The predicted molar refractivity (Wildman–Crippen MR) is 114 cm³/mol. The van der Waals surface area contributed by atoms with Crippen LogP contribution in [0.15, 0.2) is 42.5 Å². The molecule has 0 fully saturated rings. The second kappa shape index (κ2) is 10.4. The van der Waals surface area contributed by atoms with Crippen LogP contribution in [-0.4, -0.2) is 40.3 Å². The van der Waals surface area contributed by atoms with Gasteiger partial charge in [0.05, 0.1) is 25.2 Å². The molecule has 0 aromatic heterocycles. The molecule has 2 aromatic carbocycles. The molecule has 0 saturated carbocycles. The Balaban J connectivity index is 2.07. The number of halogens is 1. The van der Waals surface area contributed by atoms with Crippen LogP contribution in [0.1, 0.15) is 19.4 Å². The van der Waals surface area contributed by atoms with Gasteiger partial charge in [0.15, 0.2) is 11.5 Å². The number of benzene rings is 2. The van der Waals surface area contributed by atoms with E-state index in [9.17, 15) is 13.2 Å². The number of rotatable bonds is 10. The number of hydrogen-bond donors (Lipinski definition) is 1. The molecule has 1 amide bonds. The van der Waals surface area contributed by atoms with Crippen molar-refractivity contribution < 1.29 is 22.7 Å². The van der Waals surface area contributed by atoms with E-state index >= 15 is 0 Å². The highest BCUT2D eigenvalue weighted by molar-refractivity contribution is 7.92. The van der Waals surface area contributed by atoms with Gasteiger partial charge in [-0.05, 0) is 55.8 Å². The highest BCUT2D eigenvalue weighted by atomic mass is 35.5. The summed E-state index contributed by atoms with van der Waals surface area (Å²) in [5, 5.41) is 3.21. The van der Waals surface area contributed by atoms with Crippen LogP contribution in [0.3, 0.4) is 0 Å². The van der Waals surface area contributed by atoms with E-state index in [4.69, 9.17) is 21.1 Å². The predicted octanol–water partition coefficient (Wildman–Crippen LogP) is 3.22. The molecule has 0 aliphatic heterocycles. The topological polar surface area (TPSA) is 84.9 Å². The average Bonchev–Trinajstić information content (AvgIpc) is 2.66. The number of sulfonamides is 1. The van der Waals surface area contributed by atoms with E-state index in [0.29, 0.717) is 35.4 Å². The summed E-state index contributed by atoms with van der Waals surface area (Å²) in [5.74, 6) is 0.799. The van der Waals surface area contributed by atoms with Crippen LogP contribution in [0, 0.1) is 0 Å². The van der Waals surface area contributed by atoms with Crippen molar-refractivity contribution in [3.05, 3.63) is 53.1 Å². The van der Waals surface area contributed by atoms with Gasteiger partial charge in [-0.15, -0.1) is 0 Å². The molecule has 0 atom stereocenters. The van der Waals surface area contributed by atoms with E-state index in [1.807, 2.05) is 19.9 Å². The molecule has 0 saturated heterocycles. The van der Waals surface area contributed by atoms with Gasteiger partial charge in [-0.25, -0.2) is 8.42 Å². The molecule has 0 spiro atoms. The van der Waals surface area contributed by atoms with Crippen molar-refractivity contribution in [2.45, 2.75) is 20.4 Å². The number of hydrogen-bond acceptors (Lipinski definition) is 5. The summed E-state index contributed by atoms with van der Waals surface area (Å²) < 4.78 is 36.4. The fourth-order valence-corrected chi connectivity index (χ4v) is 3.58. The van der Waals surface area contributed by atoms with Crippen molar-refractivity contribution in [3.8, 4) is 11.5 Å². The maximum Gasteiger partial charge on any atom is 0.241 e. The van der Waals surface area contributed by atoms with Gasteiger partial charge in [-0.1, -0.05) is 17.7 Å². The number of nitrogens with one attached hydrogen (secondary N) is 1. The number of nitrogens with zero attached hydrogens (tertiary/aromatic N) is 1. The van der Waals surface area contributed by atoms with Crippen LogP contribution < -0.4 is 19.1 Å². The van der Waals surface area contributed by atoms with Gasteiger partial charge in [-0.2, -0.15) is 0 Å². The molecule has 0 heterocycles. The van der Waals surface area contributed by atoms with Crippen molar-refractivity contribution in [3.63, 3.8) is 0 Å². The third-order valence-electron chi connectivity index (χ3n) is 3.90. The summed E-state index contributed by atoms with van der Waals surface area (Å²) in [6.45, 7) is 4.65. The van der Waals surface area contributed by atoms with Gasteiger partial charge in [-0.3, -0.25) is 9.10 Å². The van der Waals surface area contributed by atoms with Gasteiger partial charge >= 0.3 is 0 Å². The Bertz CT molecular complexity index is 932. The zero-order valence-corrected chi connectivity index (χ0v) is 18.2. The molecule has 0 radical (unpaired) electrons. The lowest BCUT2D eigenvalue weighted by Gasteiger charge is -2.22. The van der Waals surface area contributed by atoms with Crippen LogP contribution in [0.25, 0.3) is 0 Å². The number of carbonyl (C=O) groups is 1. The largest absolute Gasteiger partial charge is 0.490 e. The summed E-state index contributed by atoms with van der Waals surface area (Å²) in [6.07, 6.45) is 1.05. The van der Waals surface area contributed by atoms with Crippen LogP contribution in [0.2, 0.25) is 5.02 Å². The monoisotopic (exact) mass is 440 g/mol.